The van der Waals surface area contributed by atoms with E-state index in [2.05, 4.69) is 0 Å². The van der Waals surface area contributed by atoms with Crippen LogP contribution in [0.4, 0.5) is 0 Å². The van der Waals surface area contributed by atoms with Crippen molar-refractivity contribution in [1.82, 2.24) is 0 Å². The lowest BCUT2D eigenvalue weighted by Gasteiger charge is -2.27. The fourth-order valence-corrected chi connectivity index (χ4v) is 1.65. The fourth-order valence-electron chi connectivity index (χ4n) is 1.65. The Kier molecular flexibility index (Phi) is 3.57. The molecule has 0 aromatic heterocycles. The highest BCUT2D eigenvalue weighted by Crippen LogP contribution is 2.24. The van der Waals surface area contributed by atoms with Gasteiger partial charge in [0.25, 0.3) is 0 Å². The maximum Gasteiger partial charge on any atom is 0.145 e. The second kappa shape index (κ2) is 5.12. The van der Waals surface area contributed by atoms with Gasteiger partial charge in [-0.3, -0.25) is 0 Å². The van der Waals surface area contributed by atoms with E-state index in [4.69, 9.17) is 9.47 Å². The molecular formula is C13H16O3. The van der Waals surface area contributed by atoms with Gasteiger partial charge in [0.05, 0.1) is 13.2 Å². The van der Waals surface area contributed by atoms with E-state index in [1.807, 2.05) is 31.2 Å². The third-order valence-corrected chi connectivity index (χ3v) is 2.79. The maximum atomic E-state index is 10.5. The molecule has 0 amide bonds. The summed E-state index contributed by atoms with van der Waals surface area (Å²) >= 11 is 0. The molecule has 1 unspecified atom stereocenters. The summed E-state index contributed by atoms with van der Waals surface area (Å²) in [6, 6.07) is 7.94. The van der Waals surface area contributed by atoms with Crippen molar-refractivity contribution in [1.29, 1.82) is 0 Å². The Balaban J connectivity index is 2.02. The number of hydrogen-bond donors (Lipinski definition) is 0. The molecule has 1 heterocycles. The Bertz CT molecular complexity index is 358. The number of ether oxygens (including phenoxy) is 2. The zero-order chi connectivity index (χ0) is 11.4. The third kappa shape index (κ3) is 2.61. The highest BCUT2D eigenvalue weighted by molar-refractivity contribution is 5.51. The normalized spacial score (nSPS) is 17.6. The van der Waals surface area contributed by atoms with Crippen molar-refractivity contribution in [2.75, 3.05) is 13.2 Å². The number of hydrogen-bond acceptors (Lipinski definition) is 3. The summed E-state index contributed by atoms with van der Waals surface area (Å²) in [6.45, 7) is 3.39. The average Bonchev–Trinajstić information content (AvgIpc) is 2.24. The van der Waals surface area contributed by atoms with Gasteiger partial charge in [-0.1, -0.05) is 19.1 Å². The topological polar surface area (TPSA) is 35.5 Å². The molecule has 1 fully saturated rings. The van der Waals surface area contributed by atoms with Crippen LogP contribution in [-0.4, -0.2) is 25.6 Å². The van der Waals surface area contributed by atoms with Gasteiger partial charge in [0.15, 0.2) is 0 Å². The Morgan fingerprint density at radius 3 is 3.00 bits per heavy atom. The molecule has 1 atom stereocenters. The summed E-state index contributed by atoms with van der Waals surface area (Å²) in [5.41, 5.74) is 1.14. The molecule has 0 saturated carbocycles. The van der Waals surface area contributed by atoms with Crippen molar-refractivity contribution < 1.29 is 14.3 Å². The van der Waals surface area contributed by atoms with E-state index >= 15 is 0 Å². The molecule has 3 heteroatoms. The molecule has 0 bridgehead atoms. The molecule has 0 radical (unpaired) electrons. The van der Waals surface area contributed by atoms with Crippen molar-refractivity contribution in [2.24, 2.45) is 0 Å². The molecule has 16 heavy (non-hydrogen) atoms. The van der Waals surface area contributed by atoms with Gasteiger partial charge < -0.3 is 14.3 Å². The van der Waals surface area contributed by atoms with Crippen molar-refractivity contribution >= 4 is 6.29 Å². The highest BCUT2D eigenvalue weighted by atomic mass is 16.6. The molecule has 0 aliphatic carbocycles. The summed E-state index contributed by atoms with van der Waals surface area (Å²) in [4.78, 5) is 10.5. The molecule has 2 rings (SSSR count). The Morgan fingerprint density at radius 2 is 2.38 bits per heavy atom. The van der Waals surface area contributed by atoms with Crippen LogP contribution in [0.1, 0.15) is 24.8 Å². The SMILES string of the molecule is CC(CC=O)c1cccc(OC2COC2)c1. The average molecular weight is 220 g/mol. The second-order valence-corrected chi connectivity index (χ2v) is 4.15. The minimum atomic E-state index is 0.191. The van der Waals surface area contributed by atoms with E-state index in [0.29, 0.717) is 19.6 Å². The van der Waals surface area contributed by atoms with E-state index < -0.39 is 0 Å². The van der Waals surface area contributed by atoms with Crippen LogP contribution >= 0.6 is 0 Å². The van der Waals surface area contributed by atoms with Crippen LogP contribution in [0, 0.1) is 0 Å². The van der Waals surface area contributed by atoms with Crippen LogP contribution in [0.3, 0.4) is 0 Å². The van der Waals surface area contributed by atoms with Crippen molar-refractivity contribution in [3.63, 3.8) is 0 Å². The maximum absolute atomic E-state index is 10.5. The summed E-state index contributed by atoms with van der Waals surface area (Å²) in [7, 11) is 0. The van der Waals surface area contributed by atoms with Crippen LogP contribution in [-0.2, 0) is 9.53 Å². The smallest absolute Gasteiger partial charge is 0.145 e. The fraction of sp³-hybridized carbons (Fsp3) is 0.462. The minimum Gasteiger partial charge on any atom is -0.486 e. The zero-order valence-electron chi connectivity index (χ0n) is 9.39. The van der Waals surface area contributed by atoms with E-state index in [1.54, 1.807) is 0 Å². The van der Waals surface area contributed by atoms with Gasteiger partial charge in [-0.15, -0.1) is 0 Å². The predicted molar refractivity (Wildman–Crippen MR) is 60.8 cm³/mol. The van der Waals surface area contributed by atoms with Gasteiger partial charge in [0.2, 0.25) is 0 Å². The minimum absolute atomic E-state index is 0.191. The van der Waals surface area contributed by atoms with Gasteiger partial charge in [0, 0.05) is 6.42 Å². The van der Waals surface area contributed by atoms with Gasteiger partial charge in [-0.05, 0) is 23.6 Å². The van der Waals surface area contributed by atoms with Crippen LogP contribution in [0.25, 0.3) is 0 Å². The van der Waals surface area contributed by atoms with Gasteiger partial charge >= 0.3 is 0 Å². The molecule has 86 valence electrons. The van der Waals surface area contributed by atoms with Crippen LogP contribution < -0.4 is 4.74 Å². The van der Waals surface area contributed by atoms with Crippen LogP contribution in [0.15, 0.2) is 24.3 Å². The Hall–Kier alpha value is -1.35. The van der Waals surface area contributed by atoms with Gasteiger partial charge in [0.1, 0.15) is 18.1 Å². The van der Waals surface area contributed by atoms with Gasteiger partial charge in [-0.2, -0.15) is 0 Å². The van der Waals surface area contributed by atoms with Crippen molar-refractivity contribution in [3.8, 4) is 5.75 Å². The number of benzene rings is 1. The Morgan fingerprint density at radius 1 is 1.56 bits per heavy atom. The molecule has 0 spiro atoms. The zero-order valence-corrected chi connectivity index (χ0v) is 9.39. The van der Waals surface area contributed by atoms with E-state index in [0.717, 1.165) is 17.6 Å². The second-order valence-electron chi connectivity index (χ2n) is 4.15. The van der Waals surface area contributed by atoms with Crippen LogP contribution in [0.2, 0.25) is 0 Å². The largest absolute Gasteiger partial charge is 0.486 e. The molecule has 1 saturated heterocycles. The first kappa shape index (κ1) is 11.1. The molecule has 1 aliphatic rings. The van der Waals surface area contributed by atoms with Crippen molar-refractivity contribution in [3.05, 3.63) is 29.8 Å². The quantitative estimate of drug-likeness (QED) is 0.713. The molecule has 1 aromatic rings. The first-order chi connectivity index (χ1) is 7.79. The lowest BCUT2D eigenvalue weighted by atomic mass is 9.98. The number of aldehydes is 1. The third-order valence-electron chi connectivity index (χ3n) is 2.79. The van der Waals surface area contributed by atoms with E-state index in [9.17, 15) is 4.79 Å². The predicted octanol–water partition coefficient (Wildman–Crippen LogP) is 2.16. The van der Waals surface area contributed by atoms with Gasteiger partial charge in [-0.25, -0.2) is 0 Å². The first-order valence-corrected chi connectivity index (χ1v) is 5.57. The monoisotopic (exact) mass is 220 g/mol. The molecular weight excluding hydrogens is 204 g/mol. The lowest BCUT2D eigenvalue weighted by Crippen LogP contribution is -2.38. The van der Waals surface area contributed by atoms with Crippen molar-refractivity contribution in [2.45, 2.75) is 25.4 Å². The Labute approximate surface area is 95.4 Å². The summed E-state index contributed by atoms with van der Waals surface area (Å²) in [5.74, 6) is 1.11. The molecule has 1 aliphatic heterocycles. The molecule has 1 aromatic carbocycles. The number of carbonyl (C=O) groups excluding carboxylic acids is 1. The van der Waals surface area contributed by atoms with E-state index in [-0.39, 0.29) is 12.0 Å². The summed E-state index contributed by atoms with van der Waals surface area (Å²) in [6.07, 6.45) is 1.70. The summed E-state index contributed by atoms with van der Waals surface area (Å²) in [5, 5.41) is 0. The number of rotatable bonds is 5. The highest BCUT2D eigenvalue weighted by Gasteiger charge is 2.20. The summed E-state index contributed by atoms with van der Waals surface area (Å²) < 4.78 is 10.8. The van der Waals surface area contributed by atoms with Crippen LogP contribution in [0.5, 0.6) is 5.75 Å². The lowest BCUT2D eigenvalue weighted by molar-refractivity contribution is -0.108. The molecule has 3 nitrogen and oxygen atoms in total. The molecule has 0 N–H and O–H groups in total. The number of carbonyl (C=O) groups is 1. The van der Waals surface area contributed by atoms with E-state index in [1.165, 1.54) is 0 Å². The first-order valence-electron chi connectivity index (χ1n) is 5.57. The standard InChI is InChI=1S/C13H16O3/c1-10(5-6-14)11-3-2-4-12(7-11)16-13-8-15-9-13/h2-4,6-7,10,13H,5,8-9H2,1H3.